The quantitative estimate of drug-likeness (QED) is 0.463. The van der Waals surface area contributed by atoms with Crippen molar-refractivity contribution in [3.8, 4) is 0 Å². The number of para-hydroxylation sites is 2. The second kappa shape index (κ2) is 7.22. The van der Waals surface area contributed by atoms with Gasteiger partial charge in [0.25, 0.3) is 11.8 Å². The minimum atomic E-state index is -0.410. The molecule has 0 aliphatic carbocycles. The fourth-order valence-electron chi connectivity index (χ4n) is 2.60. The number of fused-ring (bicyclic) bond motifs is 1. The van der Waals surface area contributed by atoms with Gasteiger partial charge in [-0.15, -0.1) is 11.3 Å². The van der Waals surface area contributed by atoms with Crippen LogP contribution in [-0.4, -0.2) is 21.8 Å². The molecule has 0 saturated heterocycles. The largest absolute Gasteiger partial charge is 0.324 e. The van der Waals surface area contributed by atoms with Crippen LogP contribution in [-0.2, 0) is 0 Å². The molecule has 6 nitrogen and oxygen atoms in total. The van der Waals surface area contributed by atoms with Gasteiger partial charge in [-0.05, 0) is 41.8 Å². The van der Waals surface area contributed by atoms with E-state index in [1.165, 1.54) is 11.3 Å². The zero-order valence-electron chi connectivity index (χ0n) is 13.8. The fourth-order valence-corrected chi connectivity index (χ4v) is 3.39. The summed E-state index contributed by atoms with van der Waals surface area (Å²) in [5.41, 5.74) is 2.17. The van der Waals surface area contributed by atoms with Crippen LogP contribution in [0.4, 0.5) is 11.6 Å². The van der Waals surface area contributed by atoms with Crippen LogP contribution in [0.25, 0.3) is 11.0 Å². The molecule has 134 valence electrons. The van der Waals surface area contributed by atoms with Crippen molar-refractivity contribution in [1.82, 2.24) is 9.97 Å². The van der Waals surface area contributed by atoms with Crippen molar-refractivity contribution in [1.29, 1.82) is 0 Å². The Bertz CT molecular complexity index is 1100. The first-order valence-corrected chi connectivity index (χ1v) is 9.26. The standard InChI is InChI=1S/C19H13ClN4O2S/c20-11-7-8-12(15(10-11)21-18(26)16-6-3-9-27-16)17(25)24-19-22-13-4-1-2-5-14(13)23-19/h1-10H,(H,21,26)(H2,22,23,24,25). The highest BCUT2D eigenvalue weighted by atomic mass is 35.5. The summed E-state index contributed by atoms with van der Waals surface area (Å²) in [5, 5.41) is 7.68. The number of imidazole rings is 1. The molecular weight excluding hydrogens is 384 g/mol. The van der Waals surface area contributed by atoms with Gasteiger partial charge in [0.2, 0.25) is 5.95 Å². The third-order valence-corrected chi connectivity index (χ3v) is 4.94. The number of carbonyl (C=O) groups excluding carboxylic acids is 2. The average Bonchev–Trinajstić information content (AvgIpc) is 3.31. The number of nitrogens with one attached hydrogen (secondary N) is 3. The smallest absolute Gasteiger partial charge is 0.265 e. The molecule has 0 saturated carbocycles. The maximum Gasteiger partial charge on any atom is 0.265 e. The molecule has 2 aromatic carbocycles. The minimum Gasteiger partial charge on any atom is -0.324 e. The summed E-state index contributed by atoms with van der Waals surface area (Å²) >= 11 is 7.36. The highest BCUT2D eigenvalue weighted by molar-refractivity contribution is 7.12. The van der Waals surface area contributed by atoms with Gasteiger partial charge in [0.1, 0.15) is 0 Å². The van der Waals surface area contributed by atoms with E-state index in [0.717, 1.165) is 11.0 Å². The van der Waals surface area contributed by atoms with Gasteiger partial charge in [0.15, 0.2) is 0 Å². The molecule has 0 aliphatic rings. The molecule has 0 unspecified atom stereocenters. The van der Waals surface area contributed by atoms with Gasteiger partial charge < -0.3 is 10.3 Å². The monoisotopic (exact) mass is 396 g/mol. The zero-order valence-corrected chi connectivity index (χ0v) is 15.4. The van der Waals surface area contributed by atoms with Crippen molar-refractivity contribution in [2.75, 3.05) is 10.6 Å². The molecule has 3 N–H and O–H groups in total. The summed E-state index contributed by atoms with van der Waals surface area (Å²) in [5.74, 6) is -0.385. The minimum absolute atomic E-state index is 0.282. The Labute approximate surface area is 163 Å². The van der Waals surface area contributed by atoms with E-state index in [1.807, 2.05) is 29.6 Å². The maximum absolute atomic E-state index is 12.7. The van der Waals surface area contributed by atoms with E-state index in [9.17, 15) is 9.59 Å². The topological polar surface area (TPSA) is 86.9 Å². The molecule has 8 heteroatoms. The molecule has 0 spiro atoms. The number of amides is 2. The Morgan fingerprint density at radius 1 is 1.00 bits per heavy atom. The molecule has 27 heavy (non-hydrogen) atoms. The second-order valence-electron chi connectivity index (χ2n) is 5.68. The molecule has 0 atom stereocenters. The fraction of sp³-hybridized carbons (Fsp3) is 0. The number of benzene rings is 2. The summed E-state index contributed by atoms with van der Waals surface area (Å²) in [4.78, 5) is 33.0. The lowest BCUT2D eigenvalue weighted by atomic mass is 10.1. The lowest BCUT2D eigenvalue weighted by Gasteiger charge is -2.10. The van der Waals surface area contributed by atoms with Crippen LogP contribution in [0.3, 0.4) is 0 Å². The van der Waals surface area contributed by atoms with E-state index in [2.05, 4.69) is 20.6 Å². The van der Waals surface area contributed by atoms with E-state index < -0.39 is 5.91 Å². The molecule has 2 heterocycles. The first kappa shape index (κ1) is 17.3. The summed E-state index contributed by atoms with van der Waals surface area (Å²) < 4.78 is 0. The summed E-state index contributed by atoms with van der Waals surface area (Å²) in [6.07, 6.45) is 0. The summed E-state index contributed by atoms with van der Waals surface area (Å²) in [7, 11) is 0. The molecule has 0 aliphatic heterocycles. The van der Waals surface area contributed by atoms with Gasteiger partial charge in [0.05, 0.1) is 27.2 Å². The van der Waals surface area contributed by atoms with E-state index in [-0.39, 0.29) is 11.5 Å². The average molecular weight is 397 g/mol. The third kappa shape index (κ3) is 3.69. The number of nitrogens with zero attached hydrogens (tertiary/aromatic N) is 1. The number of H-pyrrole nitrogens is 1. The third-order valence-electron chi connectivity index (χ3n) is 3.84. The van der Waals surface area contributed by atoms with Crippen molar-refractivity contribution < 1.29 is 9.59 Å². The molecule has 2 amide bonds. The van der Waals surface area contributed by atoms with Crippen LogP contribution in [0.5, 0.6) is 0 Å². The van der Waals surface area contributed by atoms with Crippen LogP contribution >= 0.6 is 22.9 Å². The Morgan fingerprint density at radius 3 is 2.63 bits per heavy atom. The van der Waals surface area contributed by atoms with Crippen LogP contribution in [0.2, 0.25) is 5.02 Å². The number of halogens is 1. The van der Waals surface area contributed by atoms with Crippen LogP contribution in [0.1, 0.15) is 20.0 Å². The Balaban J connectivity index is 1.60. The second-order valence-corrected chi connectivity index (χ2v) is 7.06. The number of rotatable bonds is 4. The number of hydrogen-bond acceptors (Lipinski definition) is 4. The number of anilines is 2. The van der Waals surface area contributed by atoms with Crippen molar-refractivity contribution in [3.63, 3.8) is 0 Å². The lowest BCUT2D eigenvalue weighted by molar-refractivity contribution is 0.102. The Hall–Kier alpha value is -3.16. The zero-order chi connectivity index (χ0) is 18.8. The van der Waals surface area contributed by atoms with Gasteiger partial charge in [-0.25, -0.2) is 4.98 Å². The van der Waals surface area contributed by atoms with Gasteiger partial charge >= 0.3 is 0 Å². The molecule has 0 radical (unpaired) electrons. The number of hydrogen-bond donors (Lipinski definition) is 3. The Kier molecular flexibility index (Phi) is 4.62. The molecular formula is C19H13ClN4O2S. The van der Waals surface area contributed by atoms with Crippen molar-refractivity contribution in [2.24, 2.45) is 0 Å². The first-order chi connectivity index (χ1) is 13.1. The highest BCUT2D eigenvalue weighted by Gasteiger charge is 2.17. The predicted molar refractivity (Wildman–Crippen MR) is 108 cm³/mol. The highest BCUT2D eigenvalue weighted by Crippen LogP contribution is 2.24. The Morgan fingerprint density at radius 2 is 1.85 bits per heavy atom. The van der Waals surface area contributed by atoms with E-state index in [0.29, 0.717) is 21.5 Å². The molecule has 2 aromatic heterocycles. The number of thiophene rings is 1. The maximum atomic E-state index is 12.7. The van der Waals surface area contributed by atoms with Crippen LogP contribution < -0.4 is 10.6 Å². The molecule has 0 fully saturated rings. The predicted octanol–water partition coefficient (Wildman–Crippen LogP) is 4.78. The summed E-state index contributed by atoms with van der Waals surface area (Å²) in [6.45, 7) is 0. The summed E-state index contributed by atoms with van der Waals surface area (Å²) in [6, 6.07) is 15.6. The van der Waals surface area contributed by atoms with Gasteiger partial charge in [-0.2, -0.15) is 0 Å². The van der Waals surface area contributed by atoms with Gasteiger partial charge in [0, 0.05) is 5.02 Å². The first-order valence-electron chi connectivity index (χ1n) is 8.00. The lowest BCUT2D eigenvalue weighted by Crippen LogP contribution is -2.18. The normalized spacial score (nSPS) is 10.7. The molecule has 0 bridgehead atoms. The van der Waals surface area contributed by atoms with Crippen molar-refractivity contribution in [3.05, 3.63) is 75.4 Å². The van der Waals surface area contributed by atoms with E-state index in [4.69, 9.17) is 11.6 Å². The van der Waals surface area contributed by atoms with Crippen LogP contribution in [0, 0.1) is 0 Å². The van der Waals surface area contributed by atoms with Crippen molar-refractivity contribution in [2.45, 2.75) is 0 Å². The molecule has 4 rings (SSSR count). The van der Waals surface area contributed by atoms with E-state index in [1.54, 1.807) is 30.3 Å². The van der Waals surface area contributed by atoms with Gasteiger partial charge in [-0.3, -0.25) is 14.9 Å². The van der Waals surface area contributed by atoms with Crippen molar-refractivity contribution >= 4 is 57.4 Å². The number of aromatic amines is 1. The van der Waals surface area contributed by atoms with Gasteiger partial charge in [-0.1, -0.05) is 29.8 Å². The number of aromatic nitrogens is 2. The molecule has 4 aromatic rings. The number of carbonyl (C=O) groups is 2. The van der Waals surface area contributed by atoms with E-state index >= 15 is 0 Å². The van der Waals surface area contributed by atoms with Crippen LogP contribution in [0.15, 0.2) is 60.0 Å². The SMILES string of the molecule is O=C(Nc1cc(Cl)ccc1C(=O)Nc1nc2ccccc2[nH]1)c1cccs1.